The first-order chi connectivity index (χ1) is 17.6. The third-order valence-electron chi connectivity index (χ3n) is 7.25. The van der Waals surface area contributed by atoms with Crippen molar-refractivity contribution in [2.45, 2.75) is 31.7 Å². The largest absolute Gasteiger partial charge is 0.496 e. The van der Waals surface area contributed by atoms with Crippen LogP contribution in [0.2, 0.25) is 0 Å². The Kier molecular flexibility index (Phi) is 7.42. The first kappa shape index (κ1) is 24.2. The minimum Gasteiger partial charge on any atom is -0.496 e. The number of hydrazone groups is 1. The van der Waals surface area contributed by atoms with Crippen molar-refractivity contribution >= 4 is 11.6 Å². The van der Waals surface area contributed by atoms with E-state index in [1.807, 2.05) is 30.3 Å². The second kappa shape index (κ2) is 11.0. The molecule has 0 bridgehead atoms. The number of nitrogens with zero attached hydrogens (tertiary/aromatic N) is 3. The SMILES string of the molecule is COc1ccccc1C1=NN(C(=O)CN2CCC(Cc3ccccc3)CC2)[C@@H](c2cccc(F)c2)C1. The number of halogens is 1. The Labute approximate surface area is 212 Å². The molecule has 1 saturated heterocycles. The van der Waals surface area contributed by atoms with Crippen LogP contribution in [0.3, 0.4) is 0 Å². The Balaban J connectivity index is 1.29. The van der Waals surface area contributed by atoms with Crippen LogP contribution in [0.5, 0.6) is 5.75 Å². The molecule has 0 N–H and O–H groups in total. The first-order valence-electron chi connectivity index (χ1n) is 12.7. The number of carbonyl (C=O) groups excluding carboxylic acids is 1. The molecule has 2 heterocycles. The van der Waals surface area contributed by atoms with Crippen molar-refractivity contribution in [2.24, 2.45) is 11.0 Å². The molecule has 3 aromatic rings. The topological polar surface area (TPSA) is 45.1 Å². The average Bonchev–Trinajstić information content (AvgIpc) is 3.36. The van der Waals surface area contributed by atoms with E-state index in [1.165, 1.54) is 17.7 Å². The fraction of sp³-hybridized carbons (Fsp3) is 0.333. The number of rotatable bonds is 7. The lowest BCUT2D eigenvalue weighted by atomic mass is 9.90. The van der Waals surface area contributed by atoms with Gasteiger partial charge in [0.05, 0.1) is 25.4 Å². The molecule has 186 valence electrons. The molecule has 1 atom stereocenters. The van der Waals surface area contributed by atoms with Gasteiger partial charge in [0, 0.05) is 12.0 Å². The molecule has 1 fully saturated rings. The highest BCUT2D eigenvalue weighted by Crippen LogP contribution is 2.35. The van der Waals surface area contributed by atoms with Crippen LogP contribution in [0, 0.1) is 11.7 Å². The molecule has 5 rings (SSSR count). The number of para-hydroxylation sites is 1. The number of piperidine rings is 1. The van der Waals surface area contributed by atoms with Gasteiger partial charge in [-0.3, -0.25) is 9.69 Å². The second-order valence-corrected chi connectivity index (χ2v) is 9.67. The van der Waals surface area contributed by atoms with Gasteiger partial charge in [-0.15, -0.1) is 0 Å². The summed E-state index contributed by atoms with van der Waals surface area (Å²) in [4.78, 5) is 15.8. The van der Waals surface area contributed by atoms with Gasteiger partial charge >= 0.3 is 0 Å². The molecule has 3 aromatic carbocycles. The molecule has 0 aliphatic carbocycles. The van der Waals surface area contributed by atoms with Crippen LogP contribution in [-0.2, 0) is 11.2 Å². The highest BCUT2D eigenvalue weighted by Gasteiger charge is 2.35. The fourth-order valence-electron chi connectivity index (χ4n) is 5.32. The number of ether oxygens (including phenoxy) is 1. The summed E-state index contributed by atoms with van der Waals surface area (Å²) in [6.07, 6.45) is 3.74. The fourth-order valence-corrected chi connectivity index (χ4v) is 5.32. The predicted molar refractivity (Wildman–Crippen MR) is 139 cm³/mol. The van der Waals surface area contributed by atoms with E-state index in [2.05, 4.69) is 35.2 Å². The number of hydrogen-bond acceptors (Lipinski definition) is 4. The lowest BCUT2D eigenvalue weighted by Gasteiger charge is -2.33. The van der Waals surface area contributed by atoms with E-state index in [0.29, 0.717) is 24.6 Å². The summed E-state index contributed by atoms with van der Waals surface area (Å²) in [6.45, 7) is 2.10. The normalized spacial score (nSPS) is 18.8. The van der Waals surface area contributed by atoms with Crippen molar-refractivity contribution in [3.8, 4) is 5.75 Å². The van der Waals surface area contributed by atoms with Crippen LogP contribution in [0.4, 0.5) is 4.39 Å². The van der Waals surface area contributed by atoms with Crippen LogP contribution >= 0.6 is 0 Å². The third kappa shape index (κ3) is 5.49. The van der Waals surface area contributed by atoms with E-state index in [9.17, 15) is 9.18 Å². The molecule has 0 aromatic heterocycles. The Morgan fingerprint density at radius 3 is 2.50 bits per heavy atom. The number of hydrogen-bond donors (Lipinski definition) is 0. The predicted octanol–water partition coefficient (Wildman–Crippen LogP) is 5.47. The van der Waals surface area contributed by atoms with E-state index in [4.69, 9.17) is 9.84 Å². The lowest BCUT2D eigenvalue weighted by Crippen LogP contribution is -2.42. The summed E-state index contributed by atoms with van der Waals surface area (Å²) in [6, 6.07) is 24.4. The second-order valence-electron chi connectivity index (χ2n) is 9.67. The average molecular weight is 486 g/mol. The molecular formula is C30H32FN3O2. The summed E-state index contributed by atoms with van der Waals surface area (Å²) >= 11 is 0. The molecule has 0 spiro atoms. The van der Waals surface area contributed by atoms with Gasteiger partial charge in [0.25, 0.3) is 5.91 Å². The number of amides is 1. The summed E-state index contributed by atoms with van der Waals surface area (Å²) in [5.41, 5.74) is 3.76. The molecule has 5 nitrogen and oxygen atoms in total. The summed E-state index contributed by atoms with van der Waals surface area (Å²) in [7, 11) is 1.63. The van der Waals surface area contributed by atoms with E-state index in [1.54, 1.807) is 18.2 Å². The molecule has 6 heteroatoms. The zero-order valence-corrected chi connectivity index (χ0v) is 20.6. The van der Waals surface area contributed by atoms with Crippen LogP contribution in [0.15, 0.2) is 84.0 Å². The highest BCUT2D eigenvalue weighted by atomic mass is 19.1. The molecule has 1 amide bonds. The molecule has 36 heavy (non-hydrogen) atoms. The molecule has 0 unspecified atom stereocenters. The Hall–Kier alpha value is -3.51. The van der Waals surface area contributed by atoms with E-state index in [0.717, 1.165) is 49.2 Å². The quantitative estimate of drug-likeness (QED) is 0.446. The number of methoxy groups -OCH3 is 1. The number of carbonyl (C=O) groups is 1. The minimum atomic E-state index is -0.344. The number of benzene rings is 3. The van der Waals surface area contributed by atoms with Crippen molar-refractivity contribution in [2.75, 3.05) is 26.7 Å². The van der Waals surface area contributed by atoms with Crippen molar-refractivity contribution in [1.29, 1.82) is 0 Å². The molecular weight excluding hydrogens is 453 g/mol. The molecule has 0 radical (unpaired) electrons. The van der Waals surface area contributed by atoms with Crippen LogP contribution in [0.1, 0.15) is 42.0 Å². The smallest absolute Gasteiger partial charge is 0.257 e. The van der Waals surface area contributed by atoms with Gasteiger partial charge < -0.3 is 4.74 Å². The lowest BCUT2D eigenvalue weighted by molar-refractivity contribution is -0.134. The van der Waals surface area contributed by atoms with Crippen molar-refractivity contribution in [3.63, 3.8) is 0 Å². The zero-order valence-electron chi connectivity index (χ0n) is 20.6. The van der Waals surface area contributed by atoms with Crippen LogP contribution in [0.25, 0.3) is 0 Å². The molecule has 0 saturated carbocycles. The van der Waals surface area contributed by atoms with Crippen LogP contribution < -0.4 is 4.74 Å². The van der Waals surface area contributed by atoms with Gasteiger partial charge in [0.1, 0.15) is 11.6 Å². The zero-order chi connectivity index (χ0) is 24.9. The van der Waals surface area contributed by atoms with Crippen molar-refractivity contribution in [3.05, 3.63) is 101 Å². The Bertz CT molecular complexity index is 1220. The maximum atomic E-state index is 14.1. The van der Waals surface area contributed by atoms with E-state index >= 15 is 0 Å². The van der Waals surface area contributed by atoms with Gasteiger partial charge in [-0.25, -0.2) is 9.40 Å². The van der Waals surface area contributed by atoms with Gasteiger partial charge in [-0.05, 0) is 73.7 Å². The Morgan fingerprint density at radius 2 is 1.75 bits per heavy atom. The maximum Gasteiger partial charge on any atom is 0.257 e. The summed E-state index contributed by atoms with van der Waals surface area (Å²) in [5, 5.41) is 6.32. The minimum absolute atomic E-state index is 0.0596. The molecule has 2 aliphatic rings. The Morgan fingerprint density at radius 1 is 1.00 bits per heavy atom. The van der Waals surface area contributed by atoms with Gasteiger partial charge in [0.2, 0.25) is 0 Å². The number of likely N-dealkylation sites (tertiary alicyclic amines) is 1. The standard InChI is InChI=1S/C30H32FN3O2/c1-36-29-13-6-5-12-26(29)27-20-28(24-10-7-11-25(31)19-24)34(32-27)30(35)21-33-16-14-23(15-17-33)18-22-8-3-2-4-9-22/h2-13,19,23,28H,14-18,20-21H2,1H3/t28-/m1/s1. The highest BCUT2D eigenvalue weighted by molar-refractivity contribution is 6.05. The maximum absolute atomic E-state index is 14.1. The van der Waals surface area contributed by atoms with Crippen molar-refractivity contribution < 1.29 is 13.9 Å². The monoisotopic (exact) mass is 485 g/mol. The van der Waals surface area contributed by atoms with E-state index in [-0.39, 0.29) is 17.8 Å². The van der Waals surface area contributed by atoms with Gasteiger partial charge in [-0.1, -0.05) is 54.6 Å². The third-order valence-corrected chi connectivity index (χ3v) is 7.25. The van der Waals surface area contributed by atoms with Crippen LogP contribution in [-0.4, -0.2) is 48.3 Å². The van der Waals surface area contributed by atoms with Gasteiger partial charge in [-0.2, -0.15) is 5.10 Å². The van der Waals surface area contributed by atoms with E-state index < -0.39 is 0 Å². The van der Waals surface area contributed by atoms with Crippen molar-refractivity contribution in [1.82, 2.24) is 9.91 Å². The molecule has 2 aliphatic heterocycles. The summed E-state index contributed by atoms with van der Waals surface area (Å²) in [5.74, 6) is 0.978. The first-order valence-corrected chi connectivity index (χ1v) is 12.7. The summed E-state index contributed by atoms with van der Waals surface area (Å²) < 4.78 is 19.6. The van der Waals surface area contributed by atoms with Gasteiger partial charge in [0.15, 0.2) is 0 Å².